The molecule has 2 rings (SSSR count). The van der Waals surface area contributed by atoms with Crippen molar-refractivity contribution in [1.29, 1.82) is 0 Å². The molecule has 108 valence electrons. The lowest BCUT2D eigenvalue weighted by Crippen LogP contribution is -2.30. The lowest BCUT2D eigenvalue weighted by Gasteiger charge is -2.22. The average molecular weight is 332 g/mol. The zero-order chi connectivity index (χ0) is 14.8. The second-order valence-electron chi connectivity index (χ2n) is 3.92. The molecule has 0 aliphatic carbocycles. The van der Waals surface area contributed by atoms with Crippen molar-refractivity contribution in [3.05, 3.63) is 40.7 Å². The number of nitrogens with zero attached hydrogens (tertiary/aromatic N) is 1. The molecule has 20 heavy (non-hydrogen) atoms. The molecule has 0 N–H and O–H groups in total. The maximum atomic E-state index is 12.6. The van der Waals surface area contributed by atoms with E-state index < -0.39 is 10.0 Å². The van der Waals surface area contributed by atoms with Crippen LogP contribution >= 0.6 is 22.9 Å². The van der Waals surface area contributed by atoms with Gasteiger partial charge in [-0.1, -0.05) is 17.7 Å². The normalized spacial score (nSPS) is 11.3. The number of anilines is 1. The highest BCUT2D eigenvalue weighted by Crippen LogP contribution is 2.32. The van der Waals surface area contributed by atoms with Crippen LogP contribution in [0.1, 0.15) is 6.92 Å². The van der Waals surface area contributed by atoms with Crippen LogP contribution in [0, 0.1) is 0 Å². The number of thiophene rings is 1. The topological polar surface area (TPSA) is 46.6 Å². The first-order valence-electron chi connectivity index (χ1n) is 5.90. The number of rotatable bonds is 5. The molecule has 4 nitrogen and oxygen atoms in total. The molecule has 0 amide bonds. The molecular formula is C13H14ClNO3S2. The molecule has 7 heteroatoms. The first kappa shape index (κ1) is 15.2. The Morgan fingerprint density at radius 1 is 1.35 bits per heavy atom. The average Bonchev–Trinajstić information content (AvgIpc) is 2.94. The van der Waals surface area contributed by atoms with Gasteiger partial charge < -0.3 is 4.74 Å². The number of ether oxygens (including phenoxy) is 1. The summed E-state index contributed by atoms with van der Waals surface area (Å²) in [4.78, 5) is 0. The van der Waals surface area contributed by atoms with Crippen molar-refractivity contribution in [3.8, 4) is 5.75 Å². The van der Waals surface area contributed by atoms with Crippen LogP contribution in [0.25, 0.3) is 0 Å². The van der Waals surface area contributed by atoms with Crippen molar-refractivity contribution in [2.45, 2.75) is 11.1 Å². The Bertz CT molecular complexity index is 684. The summed E-state index contributed by atoms with van der Waals surface area (Å²) in [6, 6.07) is 8.23. The Labute approximate surface area is 127 Å². The number of hydrogen-bond acceptors (Lipinski definition) is 4. The van der Waals surface area contributed by atoms with Crippen LogP contribution in [0.4, 0.5) is 5.69 Å². The summed E-state index contributed by atoms with van der Waals surface area (Å²) in [6.45, 7) is 2.10. The van der Waals surface area contributed by atoms with Gasteiger partial charge in [0.05, 0.1) is 17.8 Å². The Balaban J connectivity index is 2.45. The molecule has 1 heterocycles. The van der Waals surface area contributed by atoms with Crippen molar-refractivity contribution >= 4 is 38.6 Å². The summed E-state index contributed by atoms with van der Waals surface area (Å²) in [6.07, 6.45) is 0. The van der Waals surface area contributed by atoms with Crippen molar-refractivity contribution in [2.24, 2.45) is 0 Å². The Morgan fingerprint density at radius 2 is 2.10 bits per heavy atom. The van der Waals surface area contributed by atoms with E-state index in [-0.39, 0.29) is 0 Å². The molecule has 0 aliphatic rings. The smallest absolute Gasteiger partial charge is 0.273 e. The highest BCUT2D eigenvalue weighted by molar-refractivity contribution is 7.94. The van der Waals surface area contributed by atoms with E-state index in [9.17, 15) is 8.42 Å². The van der Waals surface area contributed by atoms with Gasteiger partial charge in [-0.05, 0) is 36.6 Å². The van der Waals surface area contributed by atoms with E-state index in [0.29, 0.717) is 27.2 Å². The SMILES string of the molecule is CCN(c1ccc(OC)c(Cl)c1)S(=O)(=O)c1cccs1. The van der Waals surface area contributed by atoms with Gasteiger partial charge in [0, 0.05) is 6.54 Å². The van der Waals surface area contributed by atoms with E-state index in [1.165, 1.54) is 22.8 Å². The maximum absolute atomic E-state index is 12.6. The van der Waals surface area contributed by atoms with Crippen LogP contribution in [-0.4, -0.2) is 22.1 Å². The van der Waals surface area contributed by atoms with Gasteiger partial charge in [-0.3, -0.25) is 4.31 Å². The molecule has 0 radical (unpaired) electrons. The number of sulfonamides is 1. The van der Waals surface area contributed by atoms with E-state index in [2.05, 4.69) is 0 Å². The molecule has 0 saturated carbocycles. The molecule has 0 fully saturated rings. The standard InChI is InChI=1S/C13H14ClNO3S2/c1-3-15(20(16,17)13-5-4-8-19-13)10-6-7-12(18-2)11(14)9-10/h4-9H,3H2,1-2H3. The molecule has 0 spiro atoms. The molecule has 1 aromatic carbocycles. The van der Waals surface area contributed by atoms with Crippen LogP contribution in [0.15, 0.2) is 39.9 Å². The van der Waals surface area contributed by atoms with Gasteiger partial charge in [0.25, 0.3) is 10.0 Å². The minimum absolute atomic E-state index is 0.311. The molecule has 2 aromatic rings. The molecule has 0 bridgehead atoms. The summed E-state index contributed by atoms with van der Waals surface area (Å²) in [5.74, 6) is 0.514. The van der Waals surface area contributed by atoms with E-state index in [1.807, 2.05) is 0 Å². The van der Waals surface area contributed by atoms with Crippen molar-refractivity contribution in [3.63, 3.8) is 0 Å². The van der Waals surface area contributed by atoms with Crippen molar-refractivity contribution < 1.29 is 13.2 Å². The first-order valence-corrected chi connectivity index (χ1v) is 8.60. The second kappa shape index (κ2) is 6.03. The third-order valence-corrected chi connectivity index (χ3v) is 6.32. The summed E-state index contributed by atoms with van der Waals surface area (Å²) >= 11 is 7.25. The fourth-order valence-corrected chi connectivity index (χ4v) is 4.64. The molecule has 0 atom stereocenters. The quantitative estimate of drug-likeness (QED) is 0.840. The molecular weight excluding hydrogens is 318 g/mol. The molecule has 0 aliphatic heterocycles. The monoisotopic (exact) mass is 331 g/mol. The lowest BCUT2D eigenvalue weighted by atomic mass is 10.3. The number of benzene rings is 1. The minimum atomic E-state index is -3.54. The predicted octanol–water partition coefficient (Wildman–Crippen LogP) is 3.63. The fraction of sp³-hybridized carbons (Fsp3) is 0.231. The number of halogens is 1. The lowest BCUT2D eigenvalue weighted by molar-refractivity contribution is 0.415. The zero-order valence-corrected chi connectivity index (χ0v) is 13.4. The summed E-state index contributed by atoms with van der Waals surface area (Å²) in [5, 5.41) is 2.12. The van der Waals surface area contributed by atoms with Gasteiger partial charge in [-0.2, -0.15) is 0 Å². The summed E-state index contributed by atoms with van der Waals surface area (Å²) in [7, 11) is -2.03. The summed E-state index contributed by atoms with van der Waals surface area (Å²) in [5.41, 5.74) is 0.520. The number of methoxy groups -OCH3 is 1. The Kier molecular flexibility index (Phi) is 4.57. The van der Waals surface area contributed by atoms with E-state index >= 15 is 0 Å². The Morgan fingerprint density at radius 3 is 2.60 bits per heavy atom. The third-order valence-electron chi connectivity index (χ3n) is 2.75. The van der Waals surface area contributed by atoms with Crippen molar-refractivity contribution in [1.82, 2.24) is 0 Å². The van der Waals surface area contributed by atoms with Gasteiger partial charge in [-0.15, -0.1) is 11.3 Å². The molecule has 0 unspecified atom stereocenters. The van der Waals surface area contributed by atoms with Crippen LogP contribution in [0.3, 0.4) is 0 Å². The first-order chi connectivity index (χ1) is 9.50. The van der Waals surface area contributed by atoms with Gasteiger partial charge in [-0.25, -0.2) is 8.42 Å². The Hall–Kier alpha value is -1.24. The molecule has 1 aromatic heterocycles. The number of hydrogen-bond donors (Lipinski definition) is 0. The zero-order valence-electron chi connectivity index (χ0n) is 11.0. The van der Waals surface area contributed by atoms with E-state index in [4.69, 9.17) is 16.3 Å². The van der Waals surface area contributed by atoms with Gasteiger partial charge in [0.2, 0.25) is 0 Å². The van der Waals surface area contributed by atoms with Crippen LogP contribution < -0.4 is 9.04 Å². The summed E-state index contributed by atoms with van der Waals surface area (Å²) < 4.78 is 31.8. The largest absolute Gasteiger partial charge is 0.495 e. The third kappa shape index (κ3) is 2.77. The van der Waals surface area contributed by atoms with Crippen LogP contribution in [-0.2, 0) is 10.0 Å². The van der Waals surface area contributed by atoms with Gasteiger partial charge in [0.1, 0.15) is 9.96 Å². The molecule has 0 saturated heterocycles. The van der Waals surface area contributed by atoms with E-state index in [0.717, 1.165) is 0 Å². The highest BCUT2D eigenvalue weighted by atomic mass is 35.5. The highest BCUT2D eigenvalue weighted by Gasteiger charge is 2.25. The van der Waals surface area contributed by atoms with Crippen LogP contribution in [0.2, 0.25) is 5.02 Å². The second-order valence-corrected chi connectivity index (χ2v) is 7.36. The van der Waals surface area contributed by atoms with E-state index in [1.54, 1.807) is 42.6 Å². The van der Waals surface area contributed by atoms with Crippen LogP contribution in [0.5, 0.6) is 5.75 Å². The van der Waals surface area contributed by atoms with Gasteiger partial charge in [0.15, 0.2) is 0 Å². The maximum Gasteiger partial charge on any atom is 0.273 e. The fourth-order valence-electron chi connectivity index (χ4n) is 1.82. The predicted molar refractivity (Wildman–Crippen MR) is 82.5 cm³/mol. The minimum Gasteiger partial charge on any atom is -0.495 e. The van der Waals surface area contributed by atoms with Gasteiger partial charge >= 0.3 is 0 Å². The van der Waals surface area contributed by atoms with Crippen molar-refractivity contribution in [2.75, 3.05) is 18.0 Å².